The molecule has 2 rings (SSSR count). The van der Waals surface area contributed by atoms with Gasteiger partial charge in [0.15, 0.2) is 0 Å². The number of carbonyl (C=O) groups excluding carboxylic acids is 2. The van der Waals surface area contributed by atoms with Crippen molar-refractivity contribution in [1.29, 1.82) is 0 Å². The van der Waals surface area contributed by atoms with Crippen LogP contribution in [0.4, 0.5) is 0 Å². The summed E-state index contributed by atoms with van der Waals surface area (Å²) in [6, 6.07) is 0.153. The molecule has 5 nitrogen and oxygen atoms in total. The van der Waals surface area contributed by atoms with Crippen LogP contribution in [0.25, 0.3) is 0 Å². The van der Waals surface area contributed by atoms with E-state index in [0.717, 1.165) is 16.3 Å². The molecule has 2 unspecified atom stereocenters. The third-order valence-electron chi connectivity index (χ3n) is 3.81. The van der Waals surface area contributed by atoms with Crippen molar-refractivity contribution in [2.24, 2.45) is 5.92 Å². The summed E-state index contributed by atoms with van der Waals surface area (Å²) in [5.41, 5.74) is 1.68. The summed E-state index contributed by atoms with van der Waals surface area (Å²) in [6.45, 7) is 7.81. The first-order valence-corrected chi connectivity index (χ1v) is 8.14. The lowest BCUT2D eigenvalue weighted by molar-refractivity contribution is -0.143. The minimum Gasteiger partial charge on any atom is -0.460 e. The van der Waals surface area contributed by atoms with Gasteiger partial charge in [-0.15, -0.1) is 11.8 Å². The fraction of sp³-hybridized carbons (Fsp3) is 0.600. The van der Waals surface area contributed by atoms with Gasteiger partial charge in [0.25, 0.3) is 0 Å². The summed E-state index contributed by atoms with van der Waals surface area (Å²) in [4.78, 5) is 26.0. The topological polar surface area (TPSA) is 58.6 Å². The van der Waals surface area contributed by atoms with E-state index in [9.17, 15) is 9.59 Å². The second-order valence-corrected chi connectivity index (χ2v) is 6.57. The van der Waals surface area contributed by atoms with Crippen LogP contribution in [0.2, 0.25) is 0 Å². The summed E-state index contributed by atoms with van der Waals surface area (Å²) in [7, 11) is 1.61. The molecule has 0 aromatic carbocycles. The van der Waals surface area contributed by atoms with Gasteiger partial charge in [-0.3, -0.25) is 4.79 Å². The molecule has 0 aliphatic carbocycles. The average Bonchev–Trinajstić information content (AvgIpc) is 2.90. The van der Waals surface area contributed by atoms with Crippen LogP contribution in [0.3, 0.4) is 0 Å². The van der Waals surface area contributed by atoms with Crippen LogP contribution in [0.1, 0.15) is 27.7 Å². The van der Waals surface area contributed by atoms with E-state index in [2.05, 4.69) is 17.1 Å². The van der Waals surface area contributed by atoms with E-state index in [0.29, 0.717) is 5.75 Å². The van der Waals surface area contributed by atoms with Crippen molar-refractivity contribution < 1.29 is 14.3 Å². The van der Waals surface area contributed by atoms with Gasteiger partial charge < -0.3 is 15.0 Å². The zero-order chi connectivity index (χ0) is 15.7. The molecule has 0 radical (unpaired) electrons. The zero-order valence-electron chi connectivity index (χ0n) is 13.1. The number of hydrogen-bond donors (Lipinski definition) is 1. The number of fused-ring (bicyclic) bond motifs is 1. The highest BCUT2D eigenvalue weighted by atomic mass is 32.2. The highest BCUT2D eigenvalue weighted by Gasteiger charge is 2.44. The van der Waals surface area contributed by atoms with E-state index in [1.807, 2.05) is 20.8 Å². The van der Waals surface area contributed by atoms with Crippen LogP contribution in [-0.4, -0.2) is 41.7 Å². The Morgan fingerprint density at radius 3 is 2.67 bits per heavy atom. The number of esters is 1. The van der Waals surface area contributed by atoms with Gasteiger partial charge in [-0.2, -0.15) is 0 Å². The molecule has 2 atom stereocenters. The molecule has 116 valence electrons. The summed E-state index contributed by atoms with van der Waals surface area (Å²) in [5.74, 6) is 0.436. The van der Waals surface area contributed by atoms with Gasteiger partial charge in [0.05, 0.1) is 16.7 Å². The number of likely N-dealkylation sites (N-methyl/N-ethyl adjacent to an activating group) is 1. The van der Waals surface area contributed by atoms with Gasteiger partial charge in [0, 0.05) is 36.5 Å². The van der Waals surface area contributed by atoms with Crippen molar-refractivity contribution in [2.75, 3.05) is 12.8 Å². The van der Waals surface area contributed by atoms with Crippen molar-refractivity contribution in [1.82, 2.24) is 10.2 Å². The third-order valence-corrected chi connectivity index (χ3v) is 4.94. The quantitative estimate of drug-likeness (QED) is 0.637. The molecular formula is C15H22N2O3S. The molecule has 1 saturated heterocycles. The highest BCUT2D eigenvalue weighted by molar-refractivity contribution is 8.03. The van der Waals surface area contributed by atoms with Crippen molar-refractivity contribution in [3.8, 4) is 0 Å². The lowest BCUT2D eigenvalue weighted by Gasteiger charge is -2.24. The van der Waals surface area contributed by atoms with Crippen LogP contribution in [-0.2, 0) is 14.3 Å². The second kappa shape index (κ2) is 6.13. The number of rotatable bonds is 3. The minimum atomic E-state index is -0.240. The molecule has 2 heterocycles. The number of amides is 1. The molecule has 1 fully saturated rings. The normalized spacial score (nSPS) is 26.6. The van der Waals surface area contributed by atoms with E-state index in [1.54, 1.807) is 24.9 Å². The van der Waals surface area contributed by atoms with Gasteiger partial charge in [0.2, 0.25) is 5.91 Å². The highest BCUT2D eigenvalue weighted by Crippen LogP contribution is 2.48. The second-order valence-electron chi connectivity index (χ2n) is 5.61. The molecule has 0 saturated carbocycles. The molecule has 1 amide bonds. The van der Waals surface area contributed by atoms with E-state index < -0.39 is 0 Å². The summed E-state index contributed by atoms with van der Waals surface area (Å²) < 4.78 is 5.36. The molecular weight excluding hydrogens is 288 g/mol. The third kappa shape index (κ3) is 2.95. The van der Waals surface area contributed by atoms with Crippen molar-refractivity contribution in [3.63, 3.8) is 0 Å². The molecule has 1 N–H and O–H groups in total. The molecule has 21 heavy (non-hydrogen) atoms. The van der Waals surface area contributed by atoms with E-state index >= 15 is 0 Å². The first-order chi connectivity index (χ1) is 9.86. The molecule has 0 bridgehead atoms. The van der Waals surface area contributed by atoms with Crippen LogP contribution in [0, 0.1) is 5.92 Å². The van der Waals surface area contributed by atoms with Gasteiger partial charge >= 0.3 is 5.97 Å². The van der Waals surface area contributed by atoms with Crippen LogP contribution < -0.4 is 5.32 Å². The Kier molecular flexibility index (Phi) is 4.66. The molecule has 2 aliphatic heterocycles. The number of carbonyl (C=O) groups is 2. The van der Waals surface area contributed by atoms with Crippen molar-refractivity contribution >= 4 is 23.6 Å². The monoisotopic (exact) mass is 310 g/mol. The Morgan fingerprint density at radius 2 is 2.10 bits per heavy atom. The maximum absolute atomic E-state index is 12.3. The van der Waals surface area contributed by atoms with Crippen LogP contribution in [0.15, 0.2) is 22.4 Å². The van der Waals surface area contributed by atoms with E-state index in [1.165, 1.54) is 0 Å². The lowest BCUT2D eigenvalue weighted by Crippen LogP contribution is -2.29. The Balaban J connectivity index is 2.33. The number of nitrogens with one attached hydrogen (secondary N) is 1. The maximum atomic E-state index is 12.3. The molecule has 2 aliphatic rings. The number of nitrogens with zero attached hydrogens (tertiary/aromatic N) is 1. The first-order valence-electron chi connectivity index (χ1n) is 7.16. The summed E-state index contributed by atoms with van der Waals surface area (Å²) >= 11 is 1.60. The van der Waals surface area contributed by atoms with Gasteiger partial charge in [-0.05, 0) is 20.8 Å². The minimum absolute atomic E-state index is 0.0899. The van der Waals surface area contributed by atoms with E-state index in [-0.39, 0.29) is 29.9 Å². The Bertz CT molecular complexity index is 525. The zero-order valence-corrected chi connectivity index (χ0v) is 13.9. The van der Waals surface area contributed by atoms with Crippen LogP contribution >= 0.6 is 11.8 Å². The number of thioether (sulfide) groups is 1. The maximum Gasteiger partial charge on any atom is 0.337 e. The predicted molar refractivity (Wildman–Crippen MR) is 83.3 cm³/mol. The fourth-order valence-corrected chi connectivity index (χ4v) is 3.97. The number of ether oxygens (including phenoxy) is 1. The number of hydrogen-bond acceptors (Lipinski definition) is 5. The van der Waals surface area contributed by atoms with E-state index in [4.69, 9.17) is 4.74 Å². The average molecular weight is 310 g/mol. The first kappa shape index (κ1) is 15.9. The van der Waals surface area contributed by atoms with Gasteiger partial charge in [-0.25, -0.2) is 4.79 Å². The lowest BCUT2D eigenvalue weighted by atomic mass is 9.98. The fourth-order valence-electron chi connectivity index (χ4n) is 2.61. The molecule has 0 spiro atoms. The van der Waals surface area contributed by atoms with Crippen molar-refractivity contribution in [2.45, 2.75) is 39.8 Å². The Hall–Kier alpha value is -1.43. The molecule has 6 heteroatoms. The SMILES string of the molecule is CNC(=O)C=C1CSC2=C(C(=O)OC(C)C)C(C)C(C)N12. The largest absolute Gasteiger partial charge is 0.460 e. The predicted octanol–water partition coefficient (Wildman–Crippen LogP) is 1.87. The standard InChI is InChI=1S/C15H22N2O3S/c1-8(2)20-15(19)13-9(3)10(4)17-11(6-12(18)16-5)7-21-14(13)17/h6,8-10H,7H2,1-5H3,(H,16,18). The molecule has 0 aromatic rings. The van der Waals surface area contributed by atoms with Gasteiger partial charge in [0.1, 0.15) is 0 Å². The molecule has 0 aromatic heterocycles. The van der Waals surface area contributed by atoms with Crippen molar-refractivity contribution in [3.05, 3.63) is 22.4 Å². The van der Waals surface area contributed by atoms with Gasteiger partial charge in [-0.1, -0.05) is 6.92 Å². The Morgan fingerprint density at radius 1 is 1.43 bits per heavy atom. The smallest absolute Gasteiger partial charge is 0.337 e. The summed E-state index contributed by atoms with van der Waals surface area (Å²) in [6.07, 6.45) is 1.48. The summed E-state index contributed by atoms with van der Waals surface area (Å²) in [5, 5.41) is 3.54. The Labute approximate surface area is 129 Å². The van der Waals surface area contributed by atoms with Crippen LogP contribution in [0.5, 0.6) is 0 Å².